The molecule has 0 unspecified atom stereocenters. The van der Waals surface area contributed by atoms with Crippen LogP contribution in [-0.2, 0) is 12.8 Å². The number of hydrogen-bond donors (Lipinski definition) is 0. The largest absolute Gasteiger partial charge is 0.545 e. The summed E-state index contributed by atoms with van der Waals surface area (Å²) in [5, 5.41) is 22.0. The van der Waals surface area contributed by atoms with E-state index in [0.717, 1.165) is 6.20 Å². The second-order valence-electron chi connectivity index (χ2n) is 4.05. The minimum atomic E-state index is -1.37. The van der Waals surface area contributed by atoms with Gasteiger partial charge in [0.05, 0.1) is 17.6 Å². The predicted octanol–water partition coefficient (Wildman–Crippen LogP) is -0.286. The number of hydrogen-bond acceptors (Lipinski definition) is 5. The van der Waals surface area contributed by atoms with Crippen LogP contribution in [0.2, 0.25) is 0 Å². The lowest BCUT2D eigenvalue weighted by atomic mass is 9.94. The van der Waals surface area contributed by atoms with Gasteiger partial charge in [0.15, 0.2) is 0 Å². The molecule has 0 aliphatic carbocycles. The monoisotopic (exact) mass is 249 g/mol. The summed E-state index contributed by atoms with van der Waals surface area (Å²) in [6.07, 6.45) is 3.42. The molecule has 5 nitrogen and oxygen atoms in total. The minimum absolute atomic E-state index is 0.0229. The molecule has 18 heavy (non-hydrogen) atoms. The van der Waals surface area contributed by atoms with E-state index >= 15 is 0 Å². The summed E-state index contributed by atoms with van der Waals surface area (Å²) in [5.74, 6) is -2.70. The topological polar surface area (TPSA) is 93.2 Å². The Kier molecular flexibility index (Phi) is 4.83. The Hall–Kier alpha value is -1.91. The first-order valence-electron chi connectivity index (χ1n) is 5.96. The summed E-state index contributed by atoms with van der Waals surface area (Å²) in [6.45, 7) is 3.79. The number of carbonyl (C=O) groups excluding carboxylic acids is 2. The van der Waals surface area contributed by atoms with Gasteiger partial charge in [0.25, 0.3) is 0 Å². The van der Waals surface area contributed by atoms with Crippen molar-refractivity contribution in [1.29, 1.82) is 0 Å². The number of carboxylic acid groups (broad SMARTS) is 2. The van der Waals surface area contributed by atoms with Crippen molar-refractivity contribution >= 4 is 11.9 Å². The maximum Gasteiger partial charge on any atom is 0.0902 e. The zero-order valence-corrected chi connectivity index (χ0v) is 10.5. The van der Waals surface area contributed by atoms with Crippen LogP contribution in [0.4, 0.5) is 0 Å². The van der Waals surface area contributed by atoms with Gasteiger partial charge in [-0.1, -0.05) is 26.7 Å². The Balaban J connectivity index is 3.48. The smallest absolute Gasteiger partial charge is 0.0902 e. The number of aromatic carboxylic acids is 2. The van der Waals surface area contributed by atoms with E-state index in [1.165, 1.54) is 0 Å². The highest BCUT2D eigenvalue weighted by molar-refractivity contribution is 5.91. The Morgan fingerprint density at radius 2 is 1.61 bits per heavy atom. The van der Waals surface area contributed by atoms with Gasteiger partial charge in [-0.05, 0) is 24.0 Å². The highest BCUT2D eigenvalue weighted by Crippen LogP contribution is 2.20. The van der Waals surface area contributed by atoms with Gasteiger partial charge in [-0.25, -0.2) is 0 Å². The molecule has 0 fully saturated rings. The van der Waals surface area contributed by atoms with Crippen molar-refractivity contribution in [2.24, 2.45) is 0 Å². The molecule has 0 spiro atoms. The Morgan fingerprint density at radius 1 is 1.06 bits per heavy atom. The summed E-state index contributed by atoms with van der Waals surface area (Å²) in [4.78, 5) is 25.7. The normalized spacial score (nSPS) is 10.3. The minimum Gasteiger partial charge on any atom is -0.545 e. The molecule has 0 N–H and O–H groups in total. The van der Waals surface area contributed by atoms with E-state index in [1.807, 2.05) is 13.8 Å². The maximum atomic E-state index is 11.0. The van der Waals surface area contributed by atoms with Crippen LogP contribution in [-0.4, -0.2) is 16.9 Å². The Labute approximate surface area is 105 Å². The highest BCUT2D eigenvalue weighted by Gasteiger charge is 2.14. The third-order valence-electron chi connectivity index (χ3n) is 2.71. The van der Waals surface area contributed by atoms with E-state index in [1.54, 1.807) is 0 Å². The first-order valence-corrected chi connectivity index (χ1v) is 5.96. The van der Waals surface area contributed by atoms with Crippen LogP contribution < -0.4 is 10.2 Å². The molecule has 5 heteroatoms. The summed E-state index contributed by atoms with van der Waals surface area (Å²) >= 11 is 0. The highest BCUT2D eigenvalue weighted by atomic mass is 16.4. The average molecular weight is 249 g/mol. The van der Waals surface area contributed by atoms with Crippen molar-refractivity contribution in [3.8, 4) is 0 Å². The van der Waals surface area contributed by atoms with Gasteiger partial charge in [-0.2, -0.15) is 0 Å². The van der Waals surface area contributed by atoms with Gasteiger partial charge in [-0.15, -0.1) is 0 Å². The van der Waals surface area contributed by atoms with Crippen molar-refractivity contribution in [1.82, 2.24) is 4.98 Å². The molecule has 0 aromatic carbocycles. The Morgan fingerprint density at radius 3 is 2.06 bits per heavy atom. The number of carboxylic acids is 2. The van der Waals surface area contributed by atoms with Crippen LogP contribution in [0.3, 0.4) is 0 Å². The van der Waals surface area contributed by atoms with E-state index in [4.69, 9.17) is 0 Å². The summed E-state index contributed by atoms with van der Waals surface area (Å²) in [5.41, 5.74) is 0.783. The fourth-order valence-electron chi connectivity index (χ4n) is 2.00. The van der Waals surface area contributed by atoms with Crippen LogP contribution >= 0.6 is 0 Å². The lowest BCUT2D eigenvalue weighted by molar-refractivity contribution is -0.257. The van der Waals surface area contributed by atoms with Gasteiger partial charge >= 0.3 is 0 Å². The number of rotatable bonds is 6. The third-order valence-corrected chi connectivity index (χ3v) is 2.71. The van der Waals surface area contributed by atoms with Crippen LogP contribution in [0, 0.1) is 0 Å². The van der Waals surface area contributed by atoms with Crippen molar-refractivity contribution in [2.75, 3.05) is 0 Å². The van der Waals surface area contributed by atoms with E-state index in [0.29, 0.717) is 36.8 Å². The average Bonchev–Trinajstić information content (AvgIpc) is 2.30. The number of nitrogens with zero attached hydrogens (tertiary/aromatic N) is 1. The van der Waals surface area contributed by atoms with Crippen LogP contribution in [0.25, 0.3) is 0 Å². The van der Waals surface area contributed by atoms with Gasteiger partial charge in [0, 0.05) is 11.8 Å². The molecule has 0 saturated heterocycles. The third kappa shape index (κ3) is 2.85. The molecule has 0 radical (unpaired) electrons. The maximum absolute atomic E-state index is 11.0. The molecule has 0 saturated carbocycles. The van der Waals surface area contributed by atoms with Crippen molar-refractivity contribution in [3.05, 3.63) is 28.6 Å². The van der Waals surface area contributed by atoms with E-state index in [9.17, 15) is 19.8 Å². The number of aromatic nitrogens is 1. The molecule has 1 heterocycles. The number of pyridine rings is 1. The van der Waals surface area contributed by atoms with Crippen molar-refractivity contribution in [3.63, 3.8) is 0 Å². The molecule has 1 aromatic heterocycles. The Bertz CT molecular complexity index is 425. The lowest BCUT2D eigenvalue weighted by Gasteiger charge is -2.18. The zero-order valence-electron chi connectivity index (χ0n) is 10.5. The fourth-order valence-corrected chi connectivity index (χ4v) is 2.00. The summed E-state index contributed by atoms with van der Waals surface area (Å²) in [7, 11) is 0. The number of carbonyl (C=O) groups is 2. The second kappa shape index (κ2) is 6.14. The first kappa shape index (κ1) is 14.2. The summed E-state index contributed by atoms with van der Waals surface area (Å²) in [6, 6.07) is 0. The quantitative estimate of drug-likeness (QED) is 0.690. The molecule has 0 bridgehead atoms. The molecular formula is C13H15NO4-2. The van der Waals surface area contributed by atoms with Gasteiger partial charge in [0.1, 0.15) is 0 Å². The standard InChI is InChI=1S/C13H17NO4/c1-3-5-8-9(6-4-2)11(13(17)18)14-7-10(8)12(15)16/h7H,3-6H2,1-2H3,(H,15,16)(H,17,18)/p-2. The molecule has 98 valence electrons. The van der Waals surface area contributed by atoms with Crippen LogP contribution in [0.15, 0.2) is 6.20 Å². The molecule has 0 amide bonds. The van der Waals surface area contributed by atoms with Gasteiger partial charge < -0.3 is 19.8 Å². The fraction of sp³-hybridized carbons (Fsp3) is 0.462. The van der Waals surface area contributed by atoms with E-state index < -0.39 is 11.9 Å². The molecule has 0 aliphatic rings. The first-order chi connectivity index (χ1) is 8.52. The summed E-state index contributed by atoms with van der Waals surface area (Å²) < 4.78 is 0. The predicted molar refractivity (Wildman–Crippen MR) is 60.9 cm³/mol. The van der Waals surface area contributed by atoms with E-state index in [-0.39, 0.29) is 11.3 Å². The molecule has 1 rings (SSSR count). The van der Waals surface area contributed by atoms with Crippen molar-refractivity contribution in [2.45, 2.75) is 39.5 Å². The molecule has 1 aromatic rings. The molecule has 0 aliphatic heterocycles. The van der Waals surface area contributed by atoms with Gasteiger partial charge in [0.2, 0.25) is 0 Å². The molecule has 0 atom stereocenters. The second-order valence-corrected chi connectivity index (χ2v) is 4.05. The zero-order chi connectivity index (χ0) is 13.7. The van der Waals surface area contributed by atoms with Gasteiger partial charge in [-0.3, -0.25) is 4.98 Å². The van der Waals surface area contributed by atoms with E-state index in [2.05, 4.69) is 4.98 Å². The van der Waals surface area contributed by atoms with Crippen molar-refractivity contribution < 1.29 is 19.8 Å². The SMILES string of the molecule is CCCc1c(C(=O)[O-])cnc(C(=O)[O-])c1CCC. The van der Waals surface area contributed by atoms with Crippen LogP contribution in [0.5, 0.6) is 0 Å². The molecular weight excluding hydrogens is 234 g/mol. The van der Waals surface area contributed by atoms with Crippen LogP contribution in [0.1, 0.15) is 58.7 Å². The lowest BCUT2D eigenvalue weighted by Crippen LogP contribution is -2.29.